The summed E-state index contributed by atoms with van der Waals surface area (Å²) in [6, 6.07) is 7.27. The SMILES string of the molecule is O=S(=O)(c1ccccc1CNCc1cscn1)N1CCCCC1. The molecule has 1 aliphatic heterocycles. The lowest BCUT2D eigenvalue weighted by Gasteiger charge is -2.26. The molecule has 1 saturated heterocycles. The Balaban J connectivity index is 1.74. The molecular weight excluding hydrogens is 330 g/mol. The standard InChI is InChI=1S/C16H21N3O2S2/c20-23(21,19-8-4-1-5-9-19)16-7-3-2-6-14(16)10-17-11-15-12-22-13-18-15/h2-3,6-7,12-13,17H,1,4-5,8-11H2. The molecule has 0 atom stereocenters. The normalized spacial score (nSPS) is 16.5. The van der Waals surface area contributed by atoms with Crippen LogP contribution >= 0.6 is 11.3 Å². The van der Waals surface area contributed by atoms with Crippen molar-refractivity contribution in [3.63, 3.8) is 0 Å². The zero-order valence-corrected chi connectivity index (χ0v) is 14.6. The van der Waals surface area contributed by atoms with Crippen LogP contribution < -0.4 is 5.32 Å². The first-order chi connectivity index (χ1) is 11.2. The van der Waals surface area contributed by atoms with Crippen molar-refractivity contribution >= 4 is 21.4 Å². The van der Waals surface area contributed by atoms with E-state index in [4.69, 9.17) is 0 Å². The molecule has 124 valence electrons. The van der Waals surface area contributed by atoms with Crippen molar-refractivity contribution in [3.8, 4) is 0 Å². The van der Waals surface area contributed by atoms with Gasteiger partial charge in [0.1, 0.15) is 0 Å². The van der Waals surface area contributed by atoms with Crippen LogP contribution in [0.3, 0.4) is 0 Å². The third-order valence-corrected chi connectivity index (χ3v) is 6.64. The van der Waals surface area contributed by atoms with E-state index in [1.54, 1.807) is 33.3 Å². The third-order valence-electron chi connectivity index (χ3n) is 4.01. The third kappa shape index (κ3) is 3.98. The second-order valence-corrected chi connectivity index (χ2v) is 8.28. The fourth-order valence-electron chi connectivity index (χ4n) is 2.80. The van der Waals surface area contributed by atoms with E-state index in [1.807, 2.05) is 17.5 Å². The largest absolute Gasteiger partial charge is 0.307 e. The molecule has 0 radical (unpaired) electrons. The summed E-state index contributed by atoms with van der Waals surface area (Å²) in [6.45, 7) is 2.41. The van der Waals surface area contributed by atoms with Gasteiger partial charge in [0.2, 0.25) is 10.0 Å². The van der Waals surface area contributed by atoms with Crippen molar-refractivity contribution in [2.24, 2.45) is 0 Å². The Morgan fingerprint density at radius 3 is 2.65 bits per heavy atom. The summed E-state index contributed by atoms with van der Waals surface area (Å²) in [5.41, 5.74) is 3.59. The number of rotatable bonds is 6. The minimum absolute atomic E-state index is 0.424. The van der Waals surface area contributed by atoms with Gasteiger partial charge >= 0.3 is 0 Å². The molecule has 0 amide bonds. The molecule has 0 bridgehead atoms. The summed E-state index contributed by atoms with van der Waals surface area (Å²) >= 11 is 1.56. The number of hydrogen-bond donors (Lipinski definition) is 1. The summed E-state index contributed by atoms with van der Waals surface area (Å²) < 4.78 is 27.4. The number of benzene rings is 1. The van der Waals surface area contributed by atoms with E-state index in [0.717, 1.165) is 30.5 Å². The molecule has 1 fully saturated rings. The van der Waals surface area contributed by atoms with Crippen molar-refractivity contribution in [2.75, 3.05) is 13.1 Å². The lowest BCUT2D eigenvalue weighted by Crippen LogP contribution is -2.36. The van der Waals surface area contributed by atoms with Gasteiger partial charge in [-0.2, -0.15) is 4.31 Å². The van der Waals surface area contributed by atoms with E-state index in [0.29, 0.717) is 31.1 Å². The van der Waals surface area contributed by atoms with Crippen LogP contribution in [0.25, 0.3) is 0 Å². The molecule has 23 heavy (non-hydrogen) atoms. The van der Waals surface area contributed by atoms with E-state index < -0.39 is 10.0 Å². The van der Waals surface area contributed by atoms with Crippen molar-refractivity contribution in [1.29, 1.82) is 0 Å². The van der Waals surface area contributed by atoms with Crippen LogP contribution in [0.5, 0.6) is 0 Å². The van der Waals surface area contributed by atoms with Gasteiger partial charge in [-0.3, -0.25) is 0 Å². The van der Waals surface area contributed by atoms with E-state index >= 15 is 0 Å². The maximum Gasteiger partial charge on any atom is 0.243 e. The molecule has 1 aromatic heterocycles. The van der Waals surface area contributed by atoms with Crippen LogP contribution in [-0.4, -0.2) is 30.8 Å². The Morgan fingerprint density at radius 2 is 1.91 bits per heavy atom. The van der Waals surface area contributed by atoms with Crippen molar-refractivity contribution in [2.45, 2.75) is 37.2 Å². The number of aromatic nitrogens is 1. The topological polar surface area (TPSA) is 62.3 Å². The number of piperidine rings is 1. The van der Waals surface area contributed by atoms with Gasteiger partial charge in [-0.1, -0.05) is 24.6 Å². The quantitative estimate of drug-likeness (QED) is 0.869. The number of thiazole rings is 1. The summed E-state index contributed by atoms with van der Waals surface area (Å²) in [5.74, 6) is 0. The molecular formula is C16H21N3O2S2. The lowest BCUT2D eigenvalue weighted by atomic mass is 10.2. The molecule has 1 N–H and O–H groups in total. The van der Waals surface area contributed by atoms with Gasteiger partial charge < -0.3 is 5.32 Å². The smallest absolute Gasteiger partial charge is 0.243 e. The van der Waals surface area contributed by atoms with Crippen LogP contribution in [0, 0.1) is 0 Å². The zero-order valence-electron chi connectivity index (χ0n) is 12.9. The Hall–Kier alpha value is -1.28. The van der Waals surface area contributed by atoms with Gasteiger partial charge in [0.25, 0.3) is 0 Å². The number of nitrogens with one attached hydrogen (secondary N) is 1. The monoisotopic (exact) mass is 351 g/mol. The first-order valence-corrected chi connectivity index (χ1v) is 10.2. The van der Waals surface area contributed by atoms with E-state index in [9.17, 15) is 8.42 Å². The fraction of sp³-hybridized carbons (Fsp3) is 0.438. The summed E-state index contributed by atoms with van der Waals surface area (Å²) in [4.78, 5) is 4.65. The fourth-order valence-corrected chi connectivity index (χ4v) is 5.09. The highest BCUT2D eigenvalue weighted by molar-refractivity contribution is 7.89. The van der Waals surface area contributed by atoms with Gasteiger partial charge in [0.15, 0.2) is 0 Å². The molecule has 7 heteroatoms. The second kappa shape index (κ2) is 7.53. The molecule has 2 aromatic rings. The molecule has 2 heterocycles. The summed E-state index contributed by atoms with van der Waals surface area (Å²) in [6.07, 6.45) is 3.01. The molecule has 0 saturated carbocycles. The van der Waals surface area contributed by atoms with E-state index in [2.05, 4.69) is 10.3 Å². The van der Waals surface area contributed by atoms with Gasteiger partial charge in [0.05, 0.1) is 16.1 Å². The minimum atomic E-state index is -3.40. The maximum absolute atomic E-state index is 12.9. The highest BCUT2D eigenvalue weighted by Gasteiger charge is 2.27. The first-order valence-electron chi connectivity index (χ1n) is 7.84. The van der Waals surface area contributed by atoms with Crippen LogP contribution in [0.15, 0.2) is 40.1 Å². The van der Waals surface area contributed by atoms with Gasteiger partial charge in [-0.15, -0.1) is 11.3 Å². The van der Waals surface area contributed by atoms with Gasteiger partial charge in [-0.05, 0) is 24.5 Å². The average molecular weight is 351 g/mol. The Kier molecular flexibility index (Phi) is 5.42. The minimum Gasteiger partial charge on any atom is -0.307 e. The van der Waals surface area contributed by atoms with Crippen LogP contribution in [0.2, 0.25) is 0 Å². The van der Waals surface area contributed by atoms with Gasteiger partial charge in [0, 0.05) is 31.6 Å². The van der Waals surface area contributed by atoms with Gasteiger partial charge in [-0.25, -0.2) is 13.4 Å². The summed E-state index contributed by atoms with van der Waals surface area (Å²) in [7, 11) is -3.40. The Labute approximate surface area is 141 Å². The lowest BCUT2D eigenvalue weighted by molar-refractivity contribution is 0.346. The average Bonchev–Trinajstić information content (AvgIpc) is 3.09. The number of sulfonamides is 1. The Morgan fingerprint density at radius 1 is 1.13 bits per heavy atom. The van der Waals surface area contributed by atoms with Crippen LogP contribution in [-0.2, 0) is 23.1 Å². The maximum atomic E-state index is 12.9. The highest BCUT2D eigenvalue weighted by atomic mass is 32.2. The van der Waals surface area contributed by atoms with Crippen molar-refractivity contribution in [3.05, 3.63) is 46.4 Å². The molecule has 3 rings (SSSR count). The van der Waals surface area contributed by atoms with Crippen molar-refractivity contribution in [1.82, 2.24) is 14.6 Å². The van der Waals surface area contributed by atoms with E-state index in [1.165, 1.54) is 0 Å². The van der Waals surface area contributed by atoms with Crippen LogP contribution in [0.1, 0.15) is 30.5 Å². The zero-order chi connectivity index (χ0) is 16.1. The molecule has 0 spiro atoms. The van der Waals surface area contributed by atoms with Crippen molar-refractivity contribution < 1.29 is 8.42 Å². The predicted molar refractivity (Wildman–Crippen MR) is 91.7 cm³/mol. The molecule has 5 nitrogen and oxygen atoms in total. The number of hydrogen-bond acceptors (Lipinski definition) is 5. The highest BCUT2D eigenvalue weighted by Crippen LogP contribution is 2.23. The summed E-state index contributed by atoms with van der Waals surface area (Å²) in [5, 5.41) is 5.27. The molecule has 0 aliphatic carbocycles. The molecule has 0 unspecified atom stereocenters. The van der Waals surface area contributed by atoms with Crippen LogP contribution in [0.4, 0.5) is 0 Å². The predicted octanol–water partition coefficient (Wildman–Crippen LogP) is 2.61. The first kappa shape index (κ1) is 16.6. The molecule has 1 aromatic carbocycles. The number of nitrogens with zero attached hydrogens (tertiary/aromatic N) is 2. The molecule has 1 aliphatic rings. The second-order valence-electron chi connectivity index (χ2n) is 5.66. The Bertz CT molecular complexity index is 724. The van der Waals surface area contributed by atoms with E-state index in [-0.39, 0.29) is 0 Å².